The van der Waals surface area contributed by atoms with Gasteiger partial charge in [-0.05, 0) is 18.4 Å². The van der Waals surface area contributed by atoms with Gasteiger partial charge in [-0.1, -0.05) is 12.1 Å². The van der Waals surface area contributed by atoms with Crippen molar-refractivity contribution in [3.63, 3.8) is 0 Å². The Morgan fingerprint density at radius 1 is 1.27 bits per heavy atom. The number of benzene rings is 1. The van der Waals surface area contributed by atoms with Gasteiger partial charge in [-0.15, -0.1) is 0 Å². The number of thioether (sulfide) groups is 1. The van der Waals surface area contributed by atoms with Gasteiger partial charge in [0, 0.05) is 5.56 Å². The molecule has 0 spiro atoms. The monoisotopic (exact) mass is 234 g/mol. The second-order valence-electron chi connectivity index (χ2n) is 2.93. The topological polar surface area (TPSA) is 17.1 Å². The highest BCUT2D eigenvalue weighted by atomic mass is 32.2. The Morgan fingerprint density at radius 3 is 2.20 bits per heavy atom. The van der Waals surface area contributed by atoms with Crippen molar-refractivity contribution < 1.29 is 18.0 Å². The number of carbonyl (C=O) groups excluding carboxylic acids is 1. The van der Waals surface area contributed by atoms with Crippen LogP contribution in [0.15, 0.2) is 24.3 Å². The third kappa shape index (κ3) is 3.27. The second-order valence-corrected chi connectivity index (χ2v) is 3.80. The van der Waals surface area contributed by atoms with Crippen molar-refractivity contribution in [2.45, 2.75) is 6.18 Å². The van der Waals surface area contributed by atoms with Crippen molar-refractivity contribution >= 4 is 17.5 Å². The van der Waals surface area contributed by atoms with Gasteiger partial charge in [0.1, 0.15) is 0 Å². The van der Waals surface area contributed by atoms with Crippen LogP contribution in [0.2, 0.25) is 0 Å². The zero-order chi connectivity index (χ0) is 11.5. The van der Waals surface area contributed by atoms with E-state index in [-0.39, 0.29) is 11.5 Å². The zero-order valence-electron chi connectivity index (χ0n) is 7.97. The van der Waals surface area contributed by atoms with Crippen molar-refractivity contribution in [1.29, 1.82) is 0 Å². The number of ketones is 1. The van der Waals surface area contributed by atoms with Crippen LogP contribution in [0.1, 0.15) is 15.9 Å². The van der Waals surface area contributed by atoms with Gasteiger partial charge in [-0.2, -0.15) is 24.9 Å². The highest BCUT2D eigenvalue weighted by molar-refractivity contribution is 7.99. The number of rotatable bonds is 3. The Kier molecular flexibility index (Phi) is 3.79. The van der Waals surface area contributed by atoms with Crippen molar-refractivity contribution in [2.75, 3.05) is 12.0 Å². The van der Waals surface area contributed by atoms with Gasteiger partial charge < -0.3 is 0 Å². The van der Waals surface area contributed by atoms with E-state index in [0.717, 1.165) is 12.1 Å². The number of halogens is 3. The molecule has 0 saturated heterocycles. The molecule has 82 valence electrons. The lowest BCUT2D eigenvalue weighted by Gasteiger charge is -2.06. The van der Waals surface area contributed by atoms with Crippen molar-refractivity contribution in [2.24, 2.45) is 0 Å². The van der Waals surface area contributed by atoms with E-state index in [2.05, 4.69) is 0 Å². The first-order chi connectivity index (χ1) is 6.95. The minimum absolute atomic E-state index is 0.156. The van der Waals surface area contributed by atoms with Gasteiger partial charge in [0.15, 0.2) is 5.78 Å². The molecule has 0 aliphatic carbocycles. The minimum atomic E-state index is -4.35. The molecule has 0 N–H and O–H groups in total. The van der Waals surface area contributed by atoms with Crippen LogP contribution in [-0.2, 0) is 6.18 Å². The Balaban J connectivity index is 2.86. The molecule has 0 bridgehead atoms. The van der Waals surface area contributed by atoms with E-state index in [0.29, 0.717) is 5.56 Å². The summed E-state index contributed by atoms with van der Waals surface area (Å²) >= 11 is 1.34. The van der Waals surface area contributed by atoms with E-state index < -0.39 is 11.7 Å². The Labute approximate surface area is 89.7 Å². The smallest absolute Gasteiger partial charge is 0.293 e. The van der Waals surface area contributed by atoms with Crippen LogP contribution in [0, 0.1) is 0 Å². The lowest BCUT2D eigenvalue weighted by molar-refractivity contribution is -0.137. The first-order valence-electron chi connectivity index (χ1n) is 4.14. The van der Waals surface area contributed by atoms with Crippen molar-refractivity contribution in [1.82, 2.24) is 0 Å². The van der Waals surface area contributed by atoms with Gasteiger partial charge in [0.25, 0.3) is 0 Å². The third-order valence-corrected chi connectivity index (χ3v) is 2.36. The molecule has 1 aromatic rings. The molecule has 0 amide bonds. The summed E-state index contributed by atoms with van der Waals surface area (Å²) in [4.78, 5) is 11.3. The molecule has 1 aromatic carbocycles. The molecule has 0 heterocycles. The molecule has 15 heavy (non-hydrogen) atoms. The molecule has 0 saturated carbocycles. The standard InChI is InChI=1S/C10H9F3OS/c1-15-6-9(14)7-2-4-8(5-3-7)10(11,12)13/h2-5H,6H2,1H3. The number of hydrogen-bond acceptors (Lipinski definition) is 2. The maximum Gasteiger partial charge on any atom is 0.416 e. The Hall–Kier alpha value is -0.970. The maximum atomic E-state index is 12.2. The molecule has 0 atom stereocenters. The summed E-state index contributed by atoms with van der Waals surface area (Å²) < 4.78 is 36.5. The van der Waals surface area contributed by atoms with Gasteiger partial charge in [0.05, 0.1) is 11.3 Å². The van der Waals surface area contributed by atoms with Gasteiger partial charge >= 0.3 is 6.18 Å². The molecule has 1 rings (SSSR count). The molecule has 0 aliphatic heterocycles. The molecule has 0 unspecified atom stereocenters. The van der Waals surface area contributed by atoms with Crippen molar-refractivity contribution in [3.8, 4) is 0 Å². The van der Waals surface area contributed by atoms with E-state index in [1.807, 2.05) is 0 Å². The fourth-order valence-electron chi connectivity index (χ4n) is 1.06. The van der Waals surface area contributed by atoms with E-state index in [9.17, 15) is 18.0 Å². The Bertz CT molecular complexity index is 343. The molecule has 0 radical (unpaired) electrons. The van der Waals surface area contributed by atoms with Gasteiger partial charge in [0.2, 0.25) is 0 Å². The summed E-state index contributed by atoms with van der Waals surface area (Å²) in [5.74, 6) is 0.127. The number of hydrogen-bond donors (Lipinski definition) is 0. The average molecular weight is 234 g/mol. The highest BCUT2D eigenvalue weighted by Crippen LogP contribution is 2.29. The van der Waals surface area contributed by atoms with Crippen LogP contribution in [0.4, 0.5) is 13.2 Å². The Morgan fingerprint density at radius 2 is 1.80 bits per heavy atom. The first kappa shape index (κ1) is 12.1. The van der Waals surface area contributed by atoms with E-state index in [4.69, 9.17) is 0 Å². The zero-order valence-corrected chi connectivity index (χ0v) is 8.78. The predicted molar refractivity (Wildman–Crippen MR) is 54.2 cm³/mol. The highest BCUT2D eigenvalue weighted by Gasteiger charge is 2.30. The molecular formula is C10H9F3OS. The predicted octanol–water partition coefficient (Wildman–Crippen LogP) is 3.25. The molecule has 0 aromatic heterocycles. The first-order valence-corrected chi connectivity index (χ1v) is 5.54. The molecule has 0 fully saturated rings. The quantitative estimate of drug-likeness (QED) is 0.747. The lowest BCUT2D eigenvalue weighted by atomic mass is 10.1. The average Bonchev–Trinajstić information content (AvgIpc) is 2.17. The van der Waals surface area contributed by atoms with Gasteiger partial charge in [-0.3, -0.25) is 4.79 Å². The molecule has 0 aliphatic rings. The third-order valence-electron chi connectivity index (χ3n) is 1.81. The molecule has 5 heteroatoms. The van der Waals surface area contributed by atoms with E-state index >= 15 is 0 Å². The van der Waals surface area contributed by atoms with Crippen LogP contribution in [-0.4, -0.2) is 17.8 Å². The van der Waals surface area contributed by atoms with Crippen LogP contribution in [0.25, 0.3) is 0 Å². The van der Waals surface area contributed by atoms with Crippen molar-refractivity contribution in [3.05, 3.63) is 35.4 Å². The fourth-order valence-corrected chi connectivity index (χ4v) is 1.49. The summed E-state index contributed by atoms with van der Waals surface area (Å²) in [5.41, 5.74) is -0.416. The fraction of sp³-hybridized carbons (Fsp3) is 0.300. The number of Topliss-reactive ketones (excluding diaryl/α,β-unsaturated/α-hetero) is 1. The largest absolute Gasteiger partial charge is 0.416 e. The number of alkyl halides is 3. The lowest BCUT2D eigenvalue weighted by Crippen LogP contribution is -2.06. The summed E-state index contributed by atoms with van der Waals surface area (Å²) in [6.45, 7) is 0. The number of carbonyl (C=O) groups is 1. The minimum Gasteiger partial charge on any atom is -0.293 e. The van der Waals surface area contributed by atoms with E-state index in [1.54, 1.807) is 6.26 Å². The SMILES string of the molecule is CSCC(=O)c1ccc(C(F)(F)F)cc1. The normalized spacial score (nSPS) is 11.5. The van der Waals surface area contributed by atoms with Crippen LogP contribution in [0.3, 0.4) is 0 Å². The van der Waals surface area contributed by atoms with Crippen LogP contribution < -0.4 is 0 Å². The van der Waals surface area contributed by atoms with E-state index in [1.165, 1.54) is 23.9 Å². The van der Waals surface area contributed by atoms with Crippen LogP contribution in [0.5, 0.6) is 0 Å². The summed E-state index contributed by atoms with van der Waals surface area (Å²) in [7, 11) is 0. The van der Waals surface area contributed by atoms with Gasteiger partial charge in [-0.25, -0.2) is 0 Å². The molecular weight excluding hydrogens is 225 g/mol. The summed E-state index contributed by atoms with van der Waals surface area (Å²) in [6.07, 6.45) is -2.58. The maximum absolute atomic E-state index is 12.2. The summed E-state index contributed by atoms with van der Waals surface area (Å²) in [5, 5.41) is 0. The van der Waals surface area contributed by atoms with Crippen LogP contribution >= 0.6 is 11.8 Å². The molecule has 1 nitrogen and oxygen atoms in total. The second kappa shape index (κ2) is 4.70. The summed E-state index contributed by atoms with van der Waals surface area (Å²) in [6, 6.07) is 4.27.